The van der Waals surface area contributed by atoms with Gasteiger partial charge in [0.15, 0.2) is 0 Å². The summed E-state index contributed by atoms with van der Waals surface area (Å²) in [5.74, 6) is 0.969. The lowest BCUT2D eigenvalue weighted by Crippen LogP contribution is -1.95. The van der Waals surface area contributed by atoms with Crippen LogP contribution in [0.2, 0.25) is 5.02 Å². The third-order valence-corrected chi connectivity index (χ3v) is 2.82. The molecule has 0 aliphatic heterocycles. The third kappa shape index (κ3) is 2.44. The van der Waals surface area contributed by atoms with Crippen LogP contribution in [0.15, 0.2) is 30.5 Å². The van der Waals surface area contributed by atoms with E-state index in [4.69, 9.17) is 21.6 Å². The number of aromatic nitrogens is 1. The second kappa shape index (κ2) is 5.07. The van der Waals surface area contributed by atoms with Crippen LogP contribution in [0.3, 0.4) is 0 Å². The van der Waals surface area contributed by atoms with Gasteiger partial charge in [-0.3, -0.25) is 0 Å². The number of hydrogen-bond donors (Lipinski definition) is 0. The van der Waals surface area contributed by atoms with Crippen molar-refractivity contribution in [3.8, 4) is 17.7 Å². The van der Waals surface area contributed by atoms with Crippen LogP contribution in [0, 0.1) is 25.2 Å². The zero-order valence-electron chi connectivity index (χ0n) is 10.1. The van der Waals surface area contributed by atoms with E-state index in [0.29, 0.717) is 22.2 Å². The summed E-state index contributed by atoms with van der Waals surface area (Å²) in [6.07, 6.45) is 1.62. The first-order valence-corrected chi connectivity index (χ1v) is 5.79. The minimum absolute atomic E-state index is 0.322. The van der Waals surface area contributed by atoms with Crippen LogP contribution in [0.25, 0.3) is 0 Å². The highest BCUT2D eigenvalue weighted by atomic mass is 35.5. The highest BCUT2D eigenvalue weighted by Gasteiger charge is 2.10. The molecule has 0 saturated heterocycles. The Kier molecular flexibility index (Phi) is 3.50. The average molecular weight is 259 g/mol. The fraction of sp³-hybridized carbons (Fsp3) is 0.143. The maximum absolute atomic E-state index is 9.10. The van der Waals surface area contributed by atoms with E-state index in [2.05, 4.69) is 11.1 Å². The molecule has 90 valence electrons. The molecular weight excluding hydrogens is 248 g/mol. The third-order valence-electron chi connectivity index (χ3n) is 2.58. The number of halogens is 1. The van der Waals surface area contributed by atoms with Gasteiger partial charge in [0.25, 0.3) is 0 Å². The van der Waals surface area contributed by atoms with Gasteiger partial charge in [0.1, 0.15) is 17.4 Å². The molecule has 4 heteroatoms. The van der Waals surface area contributed by atoms with Crippen molar-refractivity contribution >= 4 is 11.6 Å². The minimum Gasteiger partial charge on any atom is -0.437 e. The summed E-state index contributed by atoms with van der Waals surface area (Å²) in [4.78, 5) is 4.09. The smallest absolute Gasteiger partial charge is 0.237 e. The predicted molar refractivity (Wildman–Crippen MR) is 70.0 cm³/mol. The lowest BCUT2D eigenvalue weighted by Gasteiger charge is -2.10. The van der Waals surface area contributed by atoms with E-state index >= 15 is 0 Å². The predicted octanol–water partition coefficient (Wildman–Crippen LogP) is 4.02. The maximum Gasteiger partial charge on any atom is 0.237 e. The van der Waals surface area contributed by atoms with E-state index < -0.39 is 0 Å². The molecule has 1 aromatic carbocycles. The van der Waals surface area contributed by atoms with Crippen molar-refractivity contribution in [3.05, 3.63) is 52.2 Å². The number of rotatable bonds is 2. The number of hydrogen-bond acceptors (Lipinski definition) is 3. The van der Waals surface area contributed by atoms with Gasteiger partial charge in [0.05, 0.1) is 0 Å². The number of aryl methyl sites for hydroxylation is 2. The van der Waals surface area contributed by atoms with Crippen molar-refractivity contribution in [2.45, 2.75) is 13.8 Å². The number of benzene rings is 1. The molecule has 0 aliphatic carbocycles. The molecule has 0 amide bonds. The molecule has 1 heterocycles. The molecule has 0 radical (unpaired) electrons. The SMILES string of the molecule is Cc1cc(Cl)ccc1Oc1nccc(C)c1C#N. The Hall–Kier alpha value is -2.05. The Morgan fingerprint density at radius 2 is 2.00 bits per heavy atom. The molecule has 3 nitrogen and oxygen atoms in total. The quantitative estimate of drug-likeness (QED) is 0.817. The van der Waals surface area contributed by atoms with E-state index in [1.54, 1.807) is 30.5 Å². The zero-order chi connectivity index (χ0) is 13.1. The number of nitriles is 1. The molecule has 0 fully saturated rings. The van der Waals surface area contributed by atoms with E-state index in [1.165, 1.54) is 0 Å². The Morgan fingerprint density at radius 3 is 2.67 bits per heavy atom. The second-order valence-corrected chi connectivity index (χ2v) is 4.37. The van der Waals surface area contributed by atoms with Crippen LogP contribution in [0.5, 0.6) is 11.6 Å². The summed E-state index contributed by atoms with van der Waals surface area (Å²) < 4.78 is 5.67. The summed E-state index contributed by atoms with van der Waals surface area (Å²) in [5.41, 5.74) is 2.19. The first-order valence-electron chi connectivity index (χ1n) is 5.41. The molecule has 0 spiro atoms. The summed E-state index contributed by atoms with van der Waals surface area (Å²) in [6, 6.07) is 9.19. The molecule has 0 unspecified atom stereocenters. The molecule has 0 N–H and O–H groups in total. The summed E-state index contributed by atoms with van der Waals surface area (Å²) >= 11 is 5.88. The normalized spacial score (nSPS) is 9.89. The van der Waals surface area contributed by atoms with Crippen LogP contribution in [0.1, 0.15) is 16.7 Å². The van der Waals surface area contributed by atoms with Crippen LogP contribution >= 0.6 is 11.6 Å². The van der Waals surface area contributed by atoms with Gasteiger partial charge in [0.2, 0.25) is 5.88 Å². The molecule has 0 atom stereocenters. The first kappa shape index (κ1) is 12.4. The van der Waals surface area contributed by atoms with Gasteiger partial charge in [-0.25, -0.2) is 4.98 Å². The number of pyridine rings is 1. The van der Waals surface area contributed by atoms with E-state index in [1.807, 2.05) is 13.8 Å². The van der Waals surface area contributed by atoms with E-state index in [9.17, 15) is 0 Å². The van der Waals surface area contributed by atoms with Crippen LogP contribution in [-0.2, 0) is 0 Å². The molecule has 1 aromatic heterocycles. The average Bonchev–Trinajstić information content (AvgIpc) is 2.33. The molecule has 0 bridgehead atoms. The zero-order valence-corrected chi connectivity index (χ0v) is 10.8. The van der Waals surface area contributed by atoms with Gasteiger partial charge in [-0.15, -0.1) is 0 Å². The van der Waals surface area contributed by atoms with Crippen molar-refractivity contribution in [1.29, 1.82) is 5.26 Å². The van der Waals surface area contributed by atoms with Gasteiger partial charge in [-0.05, 0) is 49.2 Å². The van der Waals surface area contributed by atoms with Gasteiger partial charge in [0, 0.05) is 11.2 Å². The van der Waals surface area contributed by atoms with Gasteiger partial charge in [-0.1, -0.05) is 11.6 Å². The molecule has 2 rings (SSSR count). The van der Waals surface area contributed by atoms with Gasteiger partial charge < -0.3 is 4.74 Å². The second-order valence-electron chi connectivity index (χ2n) is 3.93. The summed E-state index contributed by atoms with van der Waals surface area (Å²) in [5, 5.41) is 9.75. The van der Waals surface area contributed by atoms with Crippen molar-refractivity contribution < 1.29 is 4.74 Å². The largest absolute Gasteiger partial charge is 0.437 e. The topological polar surface area (TPSA) is 45.9 Å². The lowest BCUT2D eigenvalue weighted by atomic mass is 10.2. The summed E-state index contributed by atoms with van der Waals surface area (Å²) in [7, 11) is 0. The first-order chi connectivity index (χ1) is 8.61. The molecule has 0 saturated carbocycles. The maximum atomic E-state index is 9.10. The monoisotopic (exact) mass is 258 g/mol. The van der Waals surface area contributed by atoms with Gasteiger partial charge >= 0.3 is 0 Å². The van der Waals surface area contributed by atoms with Crippen molar-refractivity contribution in [2.24, 2.45) is 0 Å². The lowest BCUT2D eigenvalue weighted by molar-refractivity contribution is 0.457. The van der Waals surface area contributed by atoms with E-state index in [0.717, 1.165) is 11.1 Å². The molecular formula is C14H11ClN2O. The van der Waals surface area contributed by atoms with Crippen LogP contribution in [0.4, 0.5) is 0 Å². The number of nitrogens with zero attached hydrogens (tertiary/aromatic N) is 2. The van der Waals surface area contributed by atoms with Crippen LogP contribution < -0.4 is 4.74 Å². The molecule has 2 aromatic rings. The standard InChI is InChI=1S/C14H11ClN2O/c1-9-5-6-17-14(12(9)8-16)18-13-4-3-11(15)7-10(13)2/h3-7H,1-2H3. The fourth-order valence-corrected chi connectivity index (χ4v) is 1.80. The van der Waals surface area contributed by atoms with E-state index in [-0.39, 0.29) is 0 Å². The van der Waals surface area contributed by atoms with Crippen molar-refractivity contribution in [1.82, 2.24) is 4.98 Å². The Bertz CT molecular complexity index is 632. The molecule has 18 heavy (non-hydrogen) atoms. The highest BCUT2D eigenvalue weighted by molar-refractivity contribution is 6.30. The van der Waals surface area contributed by atoms with Crippen molar-refractivity contribution in [3.63, 3.8) is 0 Å². The summed E-state index contributed by atoms with van der Waals surface area (Å²) in [6.45, 7) is 3.74. The molecule has 0 aliphatic rings. The Morgan fingerprint density at radius 1 is 1.22 bits per heavy atom. The van der Waals surface area contributed by atoms with Gasteiger partial charge in [-0.2, -0.15) is 5.26 Å². The number of ether oxygens (including phenoxy) is 1. The van der Waals surface area contributed by atoms with Crippen molar-refractivity contribution in [2.75, 3.05) is 0 Å². The Balaban J connectivity index is 2.41. The Labute approximate surface area is 111 Å². The van der Waals surface area contributed by atoms with Crippen LogP contribution in [-0.4, -0.2) is 4.98 Å². The minimum atomic E-state index is 0.322. The fourth-order valence-electron chi connectivity index (χ4n) is 1.58. The highest BCUT2D eigenvalue weighted by Crippen LogP contribution is 2.28.